The minimum absolute atomic E-state index is 0.00491. The van der Waals surface area contributed by atoms with Gasteiger partial charge >= 0.3 is 5.69 Å². The Bertz CT molecular complexity index is 1200. The number of halogens is 1. The number of fused-ring (bicyclic) bond motifs is 1. The zero-order chi connectivity index (χ0) is 24.1. The summed E-state index contributed by atoms with van der Waals surface area (Å²) >= 11 is 5.88. The molecule has 0 fully saturated rings. The molecule has 3 rings (SSSR count). The molecule has 0 amide bonds. The maximum absolute atomic E-state index is 12.9. The molecule has 11 heteroatoms. The van der Waals surface area contributed by atoms with E-state index < -0.39 is 17.4 Å². The number of hydrogen-bond acceptors (Lipinski definition) is 7. The minimum Gasteiger partial charge on any atom is -0.491 e. The Morgan fingerprint density at radius 3 is 2.52 bits per heavy atom. The quantitative estimate of drug-likeness (QED) is 0.403. The van der Waals surface area contributed by atoms with Crippen molar-refractivity contribution in [3.8, 4) is 5.75 Å². The molecule has 0 radical (unpaired) electrons. The van der Waals surface area contributed by atoms with Crippen LogP contribution in [0.2, 0.25) is 5.02 Å². The second kappa shape index (κ2) is 10.9. The summed E-state index contributed by atoms with van der Waals surface area (Å²) in [6.07, 6.45) is -0.0756. The van der Waals surface area contributed by atoms with Gasteiger partial charge in [-0.2, -0.15) is 4.98 Å². The van der Waals surface area contributed by atoms with Crippen molar-refractivity contribution in [1.82, 2.24) is 18.7 Å². The lowest BCUT2D eigenvalue weighted by molar-refractivity contribution is 0.0786. The number of anilines is 1. The van der Waals surface area contributed by atoms with E-state index in [1.54, 1.807) is 35.9 Å². The Morgan fingerprint density at radius 2 is 1.85 bits per heavy atom. The molecule has 1 aromatic carbocycles. The van der Waals surface area contributed by atoms with Crippen LogP contribution in [-0.4, -0.2) is 55.8 Å². The van der Waals surface area contributed by atoms with E-state index in [2.05, 4.69) is 10.3 Å². The number of hydrogen-bond donors (Lipinski definition) is 2. The normalized spacial score (nSPS) is 12.5. The van der Waals surface area contributed by atoms with Crippen molar-refractivity contribution in [3.05, 3.63) is 50.1 Å². The molecule has 0 saturated heterocycles. The number of benzene rings is 1. The van der Waals surface area contributed by atoms with E-state index in [-0.39, 0.29) is 30.4 Å². The number of rotatable bonds is 11. The predicted molar refractivity (Wildman–Crippen MR) is 127 cm³/mol. The van der Waals surface area contributed by atoms with Crippen molar-refractivity contribution in [2.24, 2.45) is 14.1 Å². The average Bonchev–Trinajstić information content (AvgIpc) is 3.13. The summed E-state index contributed by atoms with van der Waals surface area (Å²) in [4.78, 5) is 29.7. The number of aliphatic hydroxyl groups excluding tert-OH is 1. The maximum atomic E-state index is 12.9. The van der Waals surface area contributed by atoms with Crippen LogP contribution < -0.4 is 21.3 Å². The average molecular weight is 480 g/mol. The number of aliphatic hydroxyl groups is 1. The molecule has 2 heterocycles. The van der Waals surface area contributed by atoms with Gasteiger partial charge < -0.3 is 24.5 Å². The molecule has 0 spiro atoms. The fourth-order valence-corrected chi connectivity index (χ4v) is 3.46. The molecule has 3 aromatic rings. The second-order valence-corrected chi connectivity index (χ2v) is 8.48. The van der Waals surface area contributed by atoms with E-state index in [1.165, 1.54) is 11.6 Å². The van der Waals surface area contributed by atoms with Gasteiger partial charge in [-0.25, -0.2) is 4.79 Å². The number of nitrogens with one attached hydrogen (secondary N) is 1. The predicted octanol–water partition coefficient (Wildman–Crippen LogP) is 1.75. The van der Waals surface area contributed by atoms with Crippen molar-refractivity contribution in [3.63, 3.8) is 0 Å². The van der Waals surface area contributed by atoms with Crippen molar-refractivity contribution in [2.45, 2.75) is 39.0 Å². The van der Waals surface area contributed by atoms with Crippen LogP contribution in [-0.2, 0) is 25.4 Å². The molecular weight excluding hydrogens is 450 g/mol. The molecule has 2 aromatic heterocycles. The van der Waals surface area contributed by atoms with Crippen LogP contribution in [0.5, 0.6) is 5.75 Å². The Morgan fingerprint density at radius 1 is 1.15 bits per heavy atom. The van der Waals surface area contributed by atoms with Gasteiger partial charge in [0.25, 0.3) is 5.56 Å². The fourth-order valence-electron chi connectivity index (χ4n) is 3.34. The van der Waals surface area contributed by atoms with Crippen molar-refractivity contribution >= 4 is 28.7 Å². The van der Waals surface area contributed by atoms with E-state index in [4.69, 9.17) is 21.1 Å². The number of aromatic nitrogens is 4. The van der Waals surface area contributed by atoms with Crippen LogP contribution in [0.3, 0.4) is 0 Å². The summed E-state index contributed by atoms with van der Waals surface area (Å²) in [5.74, 6) is 0.953. The van der Waals surface area contributed by atoms with Gasteiger partial charge in [0.2, 0.25) is 5.95 Å². The molecule has 180 valence electrons. The largest absolute Gasteiger partial charge is 0.491 e. The second-order valence-electron chi connectivity index (χ2n) is 8.04. The van der Waals surface area contributed by atoms with Crippen molar-refractivity contribution in [1.29, 1.82) is 0 Å². The summed E-state index contributed by atoms with van der Waals surface area (Å²) in [5, 5.41) is 14.4. The molecule has 1 atom stereocenters. The number of aryl methyl sites for hydroxylation is 1. The third-order valence-electron chi connectivity index (χ3n) is 5.05. The fraction of sp³-hybridized carbons (Fsp3) is 0.500. The third kappa shape index (κ3) is 5.95. The molecule has 0 aliphatic carbocycles. The Balaban J connectivity index is 1.84. The van der Waals surface area contributed by atoms with Crippen LogP contribution in [0.15, 0.2) is 33.9 Å². The summed E-state index contributed by atoms with van der Waals surface area (Å²) in [5.41, 5.74) is -0.482. The van der Waals surface area contributed by atoms with Gasteiger partial charge in [-0.1, -0.05) is 11.6 Å². The lowest BCUT2D eigenvalue weighted by Crippen LogP contribution is -2.38. The van der Waals surface area contributed by atoms with Crippen LogP contribution in [0.1, 0.15) is 20.3 Å². The number of nitrogens with zero attached hydrogens (tertiary/aromatic N) is 4. The van der Waals surface area contributed by atoms with Gasteiger partial charge in [0.15, 0.2) is 11.2 Å². The Hall–Kier alpha value is -2.82. The third-order valence-corrected chi connectivity index (χ3v) is 5.30. The molecule has 0 unspecified atom stereocenters. The first kappa shape index (κ1) is 24.8. The molecule has 2 N–H and O–H groups in total. The SMILES string of the molecule is CC(C)OCCCNc1nc2c(c(=O)n(C)c(=O)n2C)n1C[C@H](O)COc1ccc(Cl)cc1. The van der Waals surface area contributed by atoms with Gasteiger partial charge in [0.1, 0.15) is 18.5 Å². The zero-order valence-corrected chi connectivity index (χ0v) is 20.0. The first-order valence-electron chi connectivity index (χ1n) is 10.8. The number of ether oxygens (including phenoxy) is 2. The summed E-state index contributed by atoms with van der Waals surface area (Å²) < 4.78 is 15.1. The first-order chi connectivity index (χ1) is 15.7. The monoisotopic (exact) mass is 479 g/mol. The van der Waals surface area contributed by atoms with E-state index >= 15 is 0 Å². The highest BCUT2D eigenvalue weighted by Gasteiger charge is 2.21. The highest BCUT2D eigenvalue weighted by molar-refractivity contribution is 6.30. The molecule has 0 bridgehead atoms. The molecular formula is C22H30ClN5O5. The van der Waals surface area contributed by atoms with Crippen molar-refractivity contribution in [2.75, 3.05) is 25.1 Å². The van der Waals surface area contributed by atoms with E-state index in [0.717, 1.165) is 11.0 Å². The lowest BCUT2D eigenvalue weighted by atomic mass is 10.3. The molecule has 0 saturated carbocycles. The summed E-state index contributed by atoms with van der Waals surface area (Å²) in [7, 11) is 2.97. The highest BCUT2D eigenvalue weighted by Crippen LogP contribution is 2.18. The van der Waals surface area contributed by atoms with Gasteiger partial charge in [0.05, 0.1) is 12.6 Å². The topological polar surface area (TPSA) is 113 Å². The van der Waals surface area contributed by atoms with E-state index in [9.17, 15) is 14.7 Å². The van der Waals surface area contributed by atoms with Gasteiger partial charge in [-0.3, -0.25) is 13.9 Å². The van der Waals surface area contributed by atoms with Crippen molar-refractivity contribution < 1.29 is 14.6 Å². The zero-order valence-electron chi connectivity index (χ0n) is 19.2. The first-order valence-corrected chi connectivity index (χ1v) is 11.1. The summed E-state index contributed by atoms with van der Waals surface area (Å²) in [6.45, 7) is 5.09. The van der Waals surface area contributed by atoms with Gasteiger partial charge in [-0.15, -0.1) is 0 Å². The van der Waals surface area contributed by atoms with E-state index in [1.807, 2.05) is 13.8 Å². The van der Waals surface area contributed by atoms with Crippen LogP contribution >= 0.6 is 11.6 Å². The van der Waals surface area contributed by atoms with E-state index in [0.29, 0.717) is 29.9 Å². The smallest absolute Gasteiger partial charge is 0.332 e. The van der Waals surface area contributed by atoms with Gasteiger partial charge in [-0.05, 0) is 44.5 Å². The Labute approximate surface area is 196 Å². The Kier molecular flexibility index (Phi) is 8.17. The van der Waals surface area contributed by atoms with Crippen LogP contribution in [0.25, 0.3) is 11.2 Å². The molecule has 0 aliphatic heterocycles. The standard InChI is InChI=1S/C22H30ClN5O5/c1-14(2)32-11-5-10-24-21-25-19-18(20(30)27(4)22(31)26(19)3)28(21)12-16(29)13-33-17-8-6-15(23)7-9-17/h6-9,14,16,29H,5,10-13H2,1-4H3,(H,24,25)/t16-/m0/s1. The highest BCUT2D eigenvalue weighted by atomic mass is 35.5. The lowest BCUT2D eigenvalue weighted by Gasteiger charge is -2.16. The molecule has 0 aliphatic rings. The summed E-state index contributed by atoms with van der Waals surface area (Å²) in [6, 6.07) is 6.81. The molecule has 10 nitrogen and oxygen atoms in total. The minimum atomic E-state index is -0.940. The number of imidazole rings is 1. The van der Waals surface area contributed by atoms with Gasteiger partial charge in [0, 0.05) is 32.3 Å². The maximum Gasteiger partial charge on any atom is 0.332 e. The van der Waals surface area contributed by atoms with Crippen LogP contribution in [0.4, 0.5) is 5.95 Å². The molecule has 33 heavy (non-hydrogen) atoms. The van der Waals surface area contributed by atoms with Crippen LogP contribution in [0, 0.1) is 0 Å².